The number of hydrogen-bond donors (Lipinski definition) is 2. The van der Waals surface area contributed by atoms with Gasteiger partial charge in [-0.25, -0.2) is 9.59 Å². The second-order valence-electron chi connectivity index (χ2n) is 4.75. The Morgan fingerprint density at radius 1 is 1.16 bits per heavy atom. The van der Waals surface area contributed by atoms with Crippen molar-refractivity contribution in [2.75, 3.05) is 13.1 Å². The van der Waals surface area contributed by atoms with Gasteiger partial charge in [-0.1, -0.05) is 13.8 Å². The minimum Gasteiger partial charge on any atom is -0.478 e. The number of rotatable bonds is 5. The number of urea groups is 1. The van der Waals surface area contributed by atoms with E-state index in [0.29, 0.717) is 13.1 Å². The number of aliphatic carboxylic acids is 1. The van der Waals surface area contributed by atoms with Gasteiger partial charge < -0.3 is 10.0 Å². The maximum absolute atomic E-state index is 11.8. The van der Waals surface area contributed by atoms with Gasteiger partial charge >= 0.3 is 12.0 Å². The highest BCUT2D eigenvalue weighted by atomic mass is 16.4. The van der Waals surface area contributed by atoms with Crippen LogP contribution in [0.5, 0.6) is 0 Å². The van der Waals surface area contributed by atoms with E-state index in [1.165, 1.54) is 18.7 Å². The van der Waals surface area contributed by atoms with Crippen molar-refractivity contribution < 1.29 is 19.5 Å². The number of nitrogens with zero attached hydrogens (tertiary/aromatic N) is 1. The molecule has 6 heteroatoms. The fourth-order valence-corrected chi connectivity index (χ4v) is 1.40. The number of nitrogens with one attached hydrogen (secondary N) is 1. The highest BCUT2D eigenvalue weighted by Gasteiger charge is 2.19. The van der Waals surface area contributed by atoms with Crippen LogP contribution in [0.3, 0.4) is 0 Å². The van der Waals surface area contributed by atoms with Gasteiger partial charge in [-0.2, -0.15) is 0 Å². The largest absolute Gasteiger partial charge is 0.478 e. The molecule has 0 saturated carbocycles. The normalized spacial score (nSPS) is 11.9. The zero-order chi connectivity index (χ0) is 15.2. The average Bonchev–Trinajstić information content (AvgIpc) is 2.33. The second-order valence-corrected chi connectivity index (χ2v) is 4.75. The molecule has 0 radical (unpaired) electrons. The Labute approximate surface area is 113 Å². The summed E-state index contributed by atoms with van der Waals surface area (Å²) in [4.78, 5) is 35.8. The van der Waals surface area contributed by atoms with Gasteiger partial charge in [-0.05, 0) is 26.7 Å². The zero-order valence-electron chi connectivity index (χ0n) is 12.1. The lowest BCUT2D eigenvalue weighted by Gasteiger charge is -2.22. The van der Waals surface area contributed by atoms with E-state index in [2.05, 4.69) is 5.32 Å². The van der Waals surface area contributed by atoms with Gasteiger partial charge in [0.05, 0.1) is 0 Å². The van der Waals surface area contributed by atoms with E-state index in [1.807, 2.05) is 20.8 Å². The number of amides is 3. The van der Waals surface area contributed by atoms with E-state index in [1.54, 1.807) is 0 Å². The summed E-state index contributed by atoms with van der Waals surface area (Å²) in [6.45, 7) is 9.49. The van der Waals surface area contributed by atoms with Crippen molar-refractivity contribution in [3.8, 4) is 0 Å². The van der Waals surface area contributed by atoms with E-state index in [0.717, 1.165) is 0 Å². The molecule has 0 rings (SSSR count). The van der Waals surface area contributed by atoms with Crippen LogP contribution in [0, 0.1) is 5.92 Å². The minimum absolute atomic E-state index is 0.0291. The number of hydrogen-bond acceptors (Lipinski definition) is 3. The fourth-order valence-electron chi connectivity index (χ4n) is 1.40. The van der Waals surface area contributed by atoms with Crippen LogP contribution in [0.4, 0.5) is 4.79 Å². The fraction of sp³-hybridized carbons (Fsp3) is 0.615. The summed E-state index contributed by atoms with van der Waals surface area (Å²) in [5.41, 5.74) is -0.0429. The van der Waals surface area contributed by atoms with Crippen molar-refractivity contribution in [1.82, 2.24) is 10.2 Å². The Bertz CT molecular complexity index is 399. The van der Waals surface area contributed by atoms with Crippen molar-refractivity contribution in [2.24, 2.45) is 5.92 Å². The number of carbonyl (C=O) groups excluding carboxylic acids is 2. The lowest BCUT2D eigenvalue weighted by molar-refractivity contribution is -0.133. The highest BCUT2D eigenvalue weighted by Crippen LogP contribution is 2.04. The SMILES string of the molecule is CCN(CC(C)C)C(=O)NC(=O)C(C)=C(C)C(=O)O. The molecule has 0 fully saturated rings. The lowest BCUT2D eigenvalue weighted by atomic mass is 10.1. The molecule has 0 aromatic rings. The third-order valence-corrected chi connectivity index (χ3v) is 2.70. The second kappa shape index (κ2) is 7.56. The average molecular weight is 270 g/mol. The molecule has 2 N–H and O–H groups in total. The first-order chi connectivity index (χ1) is 8.70. The lowest BCUT2D eigenvalue weighted by Crippen LogP contribution is -2.44. The maximum Gasteiger partial charge on any atom is 0.331 e. The molecule has 0 aliphatic heterocycles. The van der Waals surface area contributed by atoms with Gasteiger partial charge in [0, 0.05) is 24.2 Å². The Morgan fingerprint density at radius 2 is 1.68 bits per heavy atom. The van der Waals surface area contributed by atoms with Gasteiger partial charge in [0.1, 0.15) is 0 Å². The molecule has 108 valence electrons. The molecule has 0 aromatic heterocycles. The van der Waals surface area contributed by atoms with Crippen LogP contribution >= 0.6 is 0 Å². The van der Waals surface area contributed by atoms with E-state index in [4.69, 9.17) is 5.11 Å². The molecule has 0 aromatic carbocycles. The Hall–Kier alpha value is -1.85. The van der Waals surface area contributed by atoms with Crippen molar-refractivity contribution in [3.63, 3.8) is 0 Å². The standard InChI is InChI=1S/C13H22N2O4/c1-6-15(7-8(2)3)13(19)14-11(16)9(4)10(5)12(17)18/h8H,6-7H2,1-5H3,(H,17,18)(H,14,16,19). The summed E-state index contributed by atoms with van der Waals surface area (Å²) in [6, 6.07) is -0.501. The van der Waals surface area contributed by atoms with E-state index < -0.39 is 17.9 Å². The first-order valence-electron chi connectivity index (χ1n) is 6.21. The van der Waals surface area contributed by atoms with Crippen LogP contribution in [0.25, 0.3) is 0 Å². The summed E-state index contributed by atoms with van der Waals surface area (Å²) in [6.07, 6.45) is 0. The van der Waals surface area contributed by atoms with Crippen molar-refractivity contribution >= 4 is 17.9 Å². The molecule has 6 nitrogen and oxygen atoms in total. The van der Waals surface area contributed by atoms with Crippen LogP contribution in [-0.2, 0) is 9.59 Å². The Morgan fingerprint density at radius 3 is 2.05 bits per heavy atom. The minimum atomic E-state index is -1.17. The molecule has 0 unspecified atom stereocenters. The van der Waals surface area contributed by atoms with E-state index >= 15 is 0 Å². The first kappa shape index (κ1) is 17.2. The van der Waals surface area contributed by atoms with Crippen LogP contribution < -0.4 is 5.32 Å². The molecule has 3 amide bonds. The van der Waals surface area contributed by atoms with Crippen LogP contribution in [0.2, 0.25) is 0 Å². The Kier molecular flexibility index (Phi) is 6.82. The molecular formula is C13H22N2O4. The van der Waals surface area contributed by atoms with Gasteiger partial charge in [0.2, 0.25) is 0 Å². The first-order valence-corrected chi connectivity index (χ1v) is 6.21. The van der Waals surface area contributed by atoms with Crippen molar-refractivity contribution in [3.05, 3.63) is 11.1 Å². The molecule has 0 aliphatic carbocycles. The Balaban J connectivity index is 4.77. The summed E-state index contributed by atoms with van der Waals surface area (Å²) in [5.74, 6) is -1.56. The van der Waals surface area contributed by atoms with E-state index in [-0.39, 0.29) is 17.1 Å². The topological polar surface area (TPSA) is 86.7 Å². The van der Waals surface area contributed by atoms with Crippen LogP contribution in [0.1, 0.15) is 34.6 Å². The van der Waals surface area contributed by atoms with Gasteiger partial charge in [-0.3, -0.25) is 10.1 Å². The molecule has 0 aliphatic rings. The zero-order valence-corrected chi connectivity index (χ0v) is 12.1. The molecule has 0 atom stereocenters. The molecule has 19 heavy (non-hydrogen) atoms. The third kappa shape index (κ3) is 5.54. The summed E-state index contributed by atoms with van der Waals surface area (Å²) < 4.78 is 0. The molecule has 0 saturated heterocycles. The van der Waals surface area contributed by atoms with Crippen molar-refractivity contribution in [1.29, 1.82) is 0 Å². The van der Waals surface area contributed by atoms with Gasteiger partial charge in [0.15, 0.2) is 0 Å². The molecular weight excluding hydrogens is 248 g/mol. The third-order valence-electron chi connectivity index (χ3n) is 2.70. The number of imide groups is 1. The van der Waals surface area contributed by atoms with Gasteiger partial charge in [0.25, 0.3) is 5.91 Å². The summed E-state index contributed by atoms with van der Waals surface area (Å²) in [5, 5.41) is 11.0. The van der Waals surface area contributed by atoms with Gasteiger partial charge in [-0.15, -0.1) is 0 Å². The maximum atomic E-state index is 11.8. The smallest absolute Gasteiger partial charge is 0.331 e. The van der Waals surface area contributed by atoms with Crippen molar-refractivity contribution in [2.45, 2.75) is 34.6 Å². The molecule has 0 heterocycles. The monoisotopic (exact) mass is 270 g/mol. The molecule has 0 bridgehead atoms. The predicted octanol–water partition coefficient (Wildman–Crippen LogP) is 1.62. The summed E-state index contributed by atoms with van der Waals surface area (Å²) >= 11 is 0. The van der Waals surface area contributed by atoms with Crippen LogP contribution in [-0.4, -0.2) is 41.0 Å². The summed E-state index contributed by atoms with van der Waals surface area (Å²) in [7, 11) is 0. The number of carboxylic acids is 1. The van der Waals surface area contributed by atoms with E-state index in [9.17, 15) is 14.4 Å². The number of carboxylic acid groups (broad SMARTS) is 1. The van der Waals surface area contributed by atoms with Crippen LogP contribution in [0.15, 0.2) is 11.1 Å². The molecule has 0 spiro atoms. The predicted molar refractivity (Wildman–Crippen MR) is 71.6 cm³/mol. The quantitative estimate of drug-likeness (QED) is 0.743. The number of carbonyl (C=O) groups is 3. The highest BCUT2D eigenvalue weighted by molar-refractivity contribution is 6.07.